The summed E-state index contributed by atoms with van der Waals surface area (Å²) in [6, 6.07) is 1.20. The maximum absolute atomic E-state index is 4.65. The molecule has 0 aromatic carbocycles. The Balaban J connectivity index is 1.79. The van der Waals surface area contributed by atoms with Gasteiger partial charge in [0.25, 0.3) is 0 Å². The van der Waals surface area contributed by atoms with Gasteiger partial charge in [-0.25, -0.2) is 0 Å². The summed E-state index contributed by atoms with van der Waals surface area (Å²) in [4.78, 5) is 7.26. The molecule has 3 aliphatic rings. The Morgan fingerprint density at radius 3 is 2.59 bits per heavy atom. The maximum atomic E-state index is 4.65. The molecule has 0 spiro atoms. The minimum absolute atomic E-state index is 0.599. The fourth-order valence-corrected chi connectivity index (χ4v) is 4.42. The Morgan fingerprint density at radius 1 is 1.19 bits per heavy atom. The van der Waals surface area contributed by atoms with Gasteiger partial charge in [-0.3, -0.25) is 4.99 Å². The van der Waals surface area contributed by atoms with Gasteiger partial charge < -0.3 is 15.5 Å². The van der Waals surface area contributed by atoms with Crippen LogP contribution in [0.4, 0.5) is 0 Å². The second-order valence-electron chi connectivity index (χ2n) is 8.70. The first-order valence-corrected chi connectivity index (χ1v) is 12.2. The number of fused-ring (bicyclic) bond motifs is 2. The van der Waals surface area contributed by atoms with E-state index in [2.05, 4.69) is 90.8 Å². The molecule has 4 nitrogen and oxygen atoms in total. The van der Waals surface area contributed by atoms with Crippen LogP contribution in [0.15, 0.2) is 87.9 Å². The summed E-state index contributed by atoms with van der Waals surface area (Å²) in [5, 5.41) is 7.29. The van der Waals surface area contributed by atoms with Crippen molar-refractivity contribution in [1.29, 1.82) is 0 Å². The van der Waals surface area contributed by atoms with Crippen molar-refractivity contribution >= 4 is 5.71 Å². The van der Waals surface area contributed by atoms with Crippen LogP contribution in [0, 0.1) is 0 Å². The molecule has 0 aromatic heterocycles. The molecule has 2 saturated heterocycles. The fourth-order valence-electron chi connectivity index (χ4n) is 4.42. The predicted molar refractivity (Wildman–Crippen MR) is 139 cm³/mol. The number of nitrogens with one attached hydrogen (secondary N) is 2. The molecule has 4 heteroatoms. The molecule has 2 atom stereocenters. The number of aliphatic imine (C=N–C) groups is 1. The Labute approximate surface area is 195 Å². The quantitative estimate of drug-likeness (QED) is 0.468. The zero-order chi connectivity index (χ0) is 22.9. The van der Waals surface area contributed by atoms with E-state index < -0.39 is 0 Å². The second-order valence-corrected chi connectivity index (χ2v) is 8.70. The average molecular weight is 433 g/mol. The van der Waals surface area contributed by atoms with Crippen LogP contribution in [-0.4, -0.2) is 42.3 Å². The lowest BCUT2D eigenvalue weighted by Gasteiger charge is -2.55. The van der Waals surface area contributed by atoms with Crippen molar-refractivity contribution in [3.8, 4) is 0 Å². The van der Waals surface area contributed by atoms with E-state index in [1.54, 1.807) is 0 Å². The van der Waals surface area contributed by atoms with E-state index in [1.807, 2.05) is 19.2 Å². The van der Waals surface area contributed by atoms with Crippen LogP contribution in [0.1, 0.15) is 53.9 Å². The number of hydrogen-bond donors (Lipinski definition) is 2. The molecule has 2 heterocycles. The molecule has 0 radical (unpaired) electrons. The van der Waals surface area contributed by atoms with Gasteiger partial charge in [-0.05, 0) is 63.3 Å². The van der Waals surface area contributed by atoms with E-state index in [1.165, 1.54) is 34.5 Å². The number of piperidine rings is 1. The first-order chi connectivity index (χ1) is 15.6. The van der Waals surface area contributed by atoms with Crippen LogP contribution in [-0.2, 0) is 0 Å². The number of nitrogens with zero attached hydrogens (tertiary/aromatic N) is 2. The highest BCUT2D eigenvalue weighted by Gasteiger charge is 2.42. The molecule has 2 aliphatic heterocycles. The van der Waals surface area contributed by atoms with E-state index in [-0.39, 0.29) is 0 Å². The SMILES string of the molecule is C\C=C/N=C1\C=C(CNC(=C/C)/C(=C\C=C(/C)CC)N2C3CNCC2C3)C=C\C1=C/CC. The van der Waals surface area contributed by atoms with Gasteiger partial charge in [-0.2, -0.15) is 0 Å². The minimum Gasteiger partial charge on any atom is -0.380 e. The van der Waals surface area contributed by atoms with E-state index in [0.717, 1.165) is 38.2 Å². The molecule has 3 rings (SSSR count). The molecule has 0 amide bonds. The topological polar surface area (TPSA) is 39.7 Å². The smallest absolute Gasteiger partial charge is 0.0701 e. The van der Waals surface area contributed by atoms with Crippen molar-refractivity contribution in [1.82, 2.24) is 15.5 Å². The summed E-state index contributed by atoms with van der Waals surface area (Å²) in [5.41, 5.74) is 7.40. The highest BCUT2D eigenvalue weighted by Crippen LogP contribution is 2.35. The first-order valence-electron chi connectivity index (χ1n) is 12.2. The Bertz CT molecular complexity index is 894. The lowest BCUT2D eigenvalue weighted by atomic mass is 9.87. The molecular weight excluding hydrogens is 392 g/mol. The summed E-state index contributed by atoms with van der Waals surface area (Å²) < 4.78 is 0. The van der Waals surface area contributed by atoms with E-state index in [0.29, 0.717) is 12.1 Å². The van der Waals surface area contributed by atoms with Crippen molar-refractivity contribution in [3.05, 3.63) is 82.9 Å². The first kappa shape index (κ1) is 24.1. The van der Waals surface area contributed by atoms with Crippen LogP contribution in [0.3, 0.4) is 0 Å². The normalized spacial score (nSPS) is 26.7. The standard InChI is InChI=1S/C28H40N4/c1-6-10-23-13-12-22(16-27(23)30-15-7-2)18-31-26(9-4)28(14-11-21(5)8-3)32-24-17-25(32)20-29-19-24/h7,9-16,24-25,29,31H,6,8,17-20H2,1-5H3/b15-7-,21-11+,23-10+,26-9+,28-14+,30-27+. The molecule has 1 aliphatic carbocycles. The van der Waals surface area contributed by atoms with E-state index in [4.69, 9.17) is 0 Å². The van der Waals surface area contributed by atoms with Crippen LogP contribution >= 0.6 is 0 Å². The van der Waals surface area contributed by atoms with Crippen molar-refractivity contribution < 1.29 is 0 Å². The van der Waals surface area contributed by atoms with E-state index >= 15 is 0 Å². The Kier molecular flexibility index (Phi) is 8.92. The summed E-state index contributed by atoms with van der Waals surface area (Å²) in [7, 11) is 0. The zero-order valence-corrected chi connectivity index (χ0v) is 20.5. The van der Waals surface area contributed by atoms with Gasteiger partial charge in [0, 0.05) is 37.9 Å². The van der Waals surface area contributed by atoms with Crippen LogP contribution in [0.5, 0.6) is 0 Å². The number of piperazine rings is 1. The molecular formula is C28H40N4. The van der Waals surface area contributed by atoms with Gasteiger partial charge in [-0.15, -0.1) is 0 Å². The Morgan fingerprint density at radius 2 is 1.97 bits per heavy atom. The highest BCUT2D eigenvalue weighted by atomic mass is 15.3. The molecule has 2 N–H and O–H groups in total. The lowest BCUT2D eigenvalue weighted by molar-refractivity contribution is 0.0223. The third kappa shape index (κ3) is 5.80. The van der Waals surface area contributed by atoms with Crippen molar-refractivity contribution in [2.45, 2.75) is 66.0 Å². The summed E-state index contributed by atoms with van der Waals surface area (Å²) in [6.07, 6.45) is 22.9. The predicted octanol–water partition coefficient (Wildman–Crippen LogP) is 5.57. The third-order valence-electron chi connectivity index (χ3n) is 6.38. The summed E-state index contributed by atoms with van der Waals surface area (Å²) in [5.74, 6) is 0. The molecule has 0 saturated carbocycles. The van der Waals surface area contributed by atoms with Gasteiger partial charge in [-0.1, -0.05) is 55.9 Å². The minimum atomic E-state index is 0.599. The third-order valence-corrected chi connectivity index (χ3v) is 6.38. The monoisotopic (exact) mass is 432 g/mol. The fraction of sp³-hybridized carbons (Fsp3) is 0.464. The zero-order valence-electron chi connectivity index (χ0n) is 20.5. The van der Waals surface area contributed by atoms with Gasteiger partial charge in [0.1, 0.15) is 0 Å². The second kappa shape index (κ2) is 11.9. The van der Waals surface area contributed by atoms with Crippen LogP contribution in [0.25, 0.3) is 0 Å². The van der Waals surface area contributed by atoms with Gasteiger partial charge in [0.2, 0.25) is 0 Å². The molecule has 2 fully saturated rings. The van der Waals surface area contributed by atoms with Crippen LogP contribution in [0.2, 0.25) is 0 Å². The molecule has 32 heavy (non-hydrogen) atoms. The number of allylic oxidation sites excluding steroid dienone is 9. The number of rotatable bonds is 9. The highest BCUT2D eigenvalue weighted by molar-refractivity contribution is 6.12. The van der Waals surface area contributed by atoms with Crippen LogP contribution < -0.4 is 10.6 Å². The Hall–Kier alpha value is -2.59. The molecule has 2 bridgehead atoms. The van der Waals surface area contributed by atoms with Gasteiger partial charge >= 0.3 is 0 Å². The summed E-state index contributed by atoms with van der Waals surface area (Å²) >= 11 is 0. The van der Waals surface area contributed by atoms with Crippen molar-refractivity contribution in [2.75, 3.05) is 19.6 Å². The van der Waals surface area contributed by atoms with E-state index in [9.17, 15) is 0 Å². The lowest BCUT2D eigenvalue weighted by Crippen LogP contribution is -2.67. The average Bonchev–Trinajstić information content (AvgIpc) is 2.82. The largest absolute Gasteiger partial charge is 0.380 e. The molecule has 172 valence electrons. The van der Waals surface area contributed by atoms with Gasteiger partial charge in [0.05, 0.1) is 17.1 Å². The summed E-state index contributed by atoms with van der Waals surface area (Å²) in [6.45, 7) is 13.6. The van der Waals surface area contributed by atoms with Crippen molar-refractivity contribution in [2.24, 2.45) is 4.99 Å². The molecule has 2 unspecified atom stereocenters. The molecule has 0 aromatic rings. The maximum Gasteiger partial charge on any atom is 0.0701 e. The van der Waals surface area contributed by atoms with Gasteiger partial charge in [0.15, 0.2) is 0 Å². The van der Waals surface area contributed by atoms with Crippen molar-refractivity contribution in [3.63, 3.8) is 0 Å². The number of hydrogen-bond acceptors (Lipinski definition) is 4.